The van der Waals surface area contributed by atoms with Crippen LogP contribution in [0, 0.1) is 10.1 Å². The average Bonchev–Trinajstić information content (AvgIpc) is 2.61. The van der Waals surface area contributed by atoms with Gasteiger partial charge in [0.15, 0.2) is 0 Å². The van der Waals surface area contributed by atoms with Crippen molar-refractivity contribution in [3.63, 3.8) is 0 Å². The highest BCUT2D eigenvalue weighted by Gasteiger charge is 2.27. The molecule has 0 bridgehead atoms. The normalized spacial score (nSPS) is 18.2. The van der Waals surface area contributed by atoms with Crippen LogP contribution >= 0.6 is 0 Å². The summed E-state index contributed by atoms with van der Waals surface area (Å²) in [7, 11) is 0. The van der Waals surface area contributed by atoms with Gasteiger partial charge in [-0.15, -0.1) is 0 Å². The zero-order chi connectivity index (χ0) is 14.6. The quantitative estimate of drug-likeness (QED) is 0.495. The van der Waals surface area contributed by atoms with Gasteiger partial charge in [0.1, 0.15) is 6.61 Å². The molecule has 0 radical (unpaired) electrons. The van der Waals surface area contributed by atoms with Gasteiger partial charge >= 0.3 is 5.69 Å². The molecule has 7 nitrogen and oxygen atoms in total. The SMILES string of the molecule is Nc1nc(OCC2(N)CCCCCC2)ccc1[N+](=O)[O-]. The Balaban J connectivity index is 1.99. The van der Waals surface area contributed by atoms with Crippen molar-refractivity contribution in [2.75, 3.05) is 12.3 Å². The lowest BCUT2D eigenvalue weighted by Crippen LogP contribution is -2.45. The third-order valence-corrected chi connectivity index (χ3v) is 3.68. The molecule has 0 atom stereocenters. The maximum absolute atomic E-state index is 10.7. The van der Waals surface area contributed by atoms with Crippen molar-refractivity contribution in [3.8, 4) is 5.88 Å². The third-order valence-electron chi connectivity index (χ3n) is 3.68. The molecule has 0 aromatic carbocycles. The third kappa shape index (κ3) is 3.57. The molecule has 110 valence electrons. The lowest BCUT2D eigenvalue weighted by molar-refractivity contribution is -0.384. The zero-order valence-corrected chi connectivity index (χ0v) is 11.4. The molecule has 0 aliphatic heterocycles. The van der Waals surface area contributed by atoms with Crippen LogP contribution in [-0.2, 0) is 0 Å². The summed E-state index contributed by atoms with van der Waals surface area (Å²) in [5.41, 5.74) is 11.3. The molecule has 1 aliphatic carbocycles. The van der Waals surface area contributed by atoms with Gasteiger partial charge in [0.05, 0.1) is 10.5 Å². The number of rotatable bonds is 4. The molecular formula is C13H20N4O3. The number of ether oxygens (including phenoxy) is 1. The van der Waals surface area contributed by atoms with Crippen molar-refractivity contribution >= 4 is 11.5 Å². The molecule has 20 heavy (non-hydrogen) atoms. The second kappa shape index (κ2) is 6.04. The summed E-state index contributed by atoms with van der Waals surface area (Å²) in [6, 6.07) is 2.75. The van der Waals surface area contributed by atoms with E-state index in [1.165, 1.54) is 25.0 Å². The highest BCUT2D eigenvalue weighted by molar-refractivity contribution is 5.53. The highest BCUT2D eigenvalue weighted by atomic mass is 16.6. The van der Waals surface area contributed by atoms with E-state index in [1.54, 1.807) is 0 Å². The van der Waals surface area contributed by atoms with Crippen molar-refractivity contribution in [1.82, 2.24) is 4.98 Å². The molecule has 7 heteroatoms. The number of hydrogen-bond acceptors (Lipinski definition) is 6. The Bertz CT molecular complexity index is 485. The highest BCUT2D eigenvalue weighted by Crippen LogP contribution is 2.27. The lowest BCUT2D eigenvalue weighted by Gasteiger charge is -2.27. The van der Waals surface area contributed by atoms with Crippen LogP contribution in [-0.4, -0.2) is 22.1 Å². The Morgan fingerprint density at radius 2 is 1.95 bits per heavy atom. The molecule has 4 N–H and O–H groups in total. The summed E-state index contributed by atoms with van der Waals surface area (Å²) >= 11 is 0. The zero-order valence-electron chi connectivity index (χ0n) is 11.4. The Kier molecular flexibility index (Phi) is 4.39. The maximum atomic E-state index is 10.7. The summed E-state index contributed by atoms with van der Waals surface area (Å²) in [6.07, 6.45) is 6.49. The molecule has 1 saturated carbocycles. The van der Waals surface area contributed by atoms with Gasteiger partial charge in [-0.1, -0.05) is 25.7 Å². The van der Waals surface area contributed by atoms with Gasteiger partial charge in [0.2, 0.25) is 11.7 Å². The molecule has 1 aromatic heterocycles. The molecule has 1 aliphatic rings. The van der Waals surface area contributed by atoms with Crippen molar-refractivity contribution in [2.24, 2.45) is 5.73 Å². The standard InChI is InChI=1S/C13H20N4O3/c14-12-10(17(18)19)5-6-11(16-12)20-9-13(15)7-3-1-2-4-8-13/h5-6H,1-4,7-9,15H2,(H2,14,16). The van der Waals surface area contributed by atoms with E-state index in [2.05, 4.69) is 4.98 Å². The fourth-order valence-electron chi connectivity index (χ4n) is 2.48. The van der Waals surface area contributed by atoms with Gasteiger partial charge in [-0.3, -0.25) is 10.1 Å². The molecule has 0 spiro atoms. The van der Waals surface area contributed by atoms with Crippen LogP contribution in [0.25, 0.3) is 0 Å². The lowest BCUT2D eigenvalue weighted by atomic mass is 9.93. The van der Waals surface area contributed by atoms with E-state index in [-0.39, 0.29) is 22.9 Å². The van der Waals surface area contributed by atoms with Crippen molar-refractivity contribution < 1.29 is 9.66 Å². The topological polar surface area (TPSA) is 117 Å². The van der Waals surface area contributed by atoms with Crippen LogP contribution < -0.4 is 16.2 Å². The summed E-state index contributed by atoms with van der Waals surface area (Å²) in [4.78, 5) is 14.0. The average molecular weight is 280 g/mol. The van der Waals surface area contributed by atoms with E-state index in [0.717, 1.165) is 25.7 Å². The van der Waals surface area contributed by atoms with E-state index >= 15 is 0 Å². The fourth-order valence-corrected chi connectivity index (χ4v) is 2.48. The number of nitrogen functional groups attached to an aromatic ring is 1. The largest absolute Gasteiger partial charge is 0.476 e. The van der Waals surface area contributed by atoms with Crippen molar-refractivity contribution in [3.05, 3.63) is 22.2 Å². The first-order valence-electron chi connectivity index (χ1n) is 6.83. The monoisotopic (exact) mass is 280 g/mol. The minimum absolute atomic E-state index is 0.139. The summed E-state index contributed by atoms with van der Waals surface area (Å²) in [5, 5.41) is 10.7. The van der Waals surface area contributed by atoms with Gasteiger partial charge in [0.25, 0.3) is 0 Å². The Morgan fingerprint density at radius 1 is 1.30 bits per heavy atom. The van der Waals surface area contributed by atoms with Crippen LogP contribution in [0.4, 0.5) is 11.5 Å². The first-order valence-corrected chi connectivity index (χ1v) is 6.83. The number of anilines is 1. The van der Waals surface area contributed by atoms with Gasteiger partial charge in [-0.05, 0) is 12.8 Å². The predicted octanol–water partition coefficient (Wildman–Crippen LogP) is 2.00. The van der Waals surface area contributed by atoms with Gasteiger partial charge < -0.3 is 16.2 Å². The van der Waals surface area contributed by atoms with Gasteiger partial charge in [0, 0.05) is 12.1 Å². The first-order chi connectivity index (χ1) is 9.50. The number of nitrogens with zero attached hydrogens (tertiary/aromatic N) is 2. The fraction of sp³-hybridized carbons (Fsp3) is 0.615. The van der Waals surface area contributed by atoms with E-state index in [4.69, 9.17) is 16.2 Å². The Morgan fingerprint density at radius 3 is 2.50 bits per heavy atom. The maximum Gasteiger partial charge on any atom is 0.311 e. The van der Waals surface area contributed by atoms with Crippen molar-refractivity contribution in [2.45, 2.75) is 44.1 Å². The van der Waals surface area contributed by atoms with E-state index in [9.17, 15) is 10.1 Å². The van der Waals surface area contributed by atoms with E-state index in [1.807, 2.05) is 0 Å². The smallest absolute Gasteiger partial charge is 0.311 e. The van der Waals surface area contributed by atoms with Gasteiger partial charge in [-0.25, -0.2) is 0 Å². The minimum Gasteiger partial charge on any atom is -0.476 e. The molecule has 1 aromatic rings. The second-order valence-corrected chi connectivity index (χ2v) is 5.38. The van der Waals surface area contributed by atoms with Crippen LogP contribution in [0.15, 0.2) is 12.1 Å². The predicted molar refractivity (Wildman–Crippen MR) is 75.4 cm³/mol. The number of nitro groups is 1. The van der Waals surface area contributed by atoms with Crippen LogP contribution in [0.3, 0.4) is 0 Å². The Hall–Kier alpha value is -1.89. The summed E-state index contributed by atoms with van der Waals surface area (Å²) < 4.78 is 5.58. The van der Waals surface area contributed by atoms with Gasteiger partial charge in [-0.2, -0.15) is 4.98 Å². The number of pyridine rings is 1. The molecule has 1 heterocycles. The molecule has 2 rings (SSSR count). The molecule has 0 saturated heterocycles. The number of nitrogens with two attached hydrogens (primary N) is 2. The van der Waals surface area contributed by atoms with Crippen LogP contribution in [0.5, 0.6) is 5.88 Å². The summed E-state index contributed by atoms with van der Waals surface area (Å²) in [5.74, 6) is 0.140. The summed E-state index contributed by atoms with van der Waals surface area (Å²) in [6.45, 7) is 0.358. The minimum atomic E-state index is -0.568. The number of hydrogen-bond donors (Lipinski definition) is 2. The van der Waals surface area contributed by atoms with Crippen LogP contribution in [0.1, 0.15) is 38.5 Å². The Labute approximate surface area is 117 Å². The van der Waals surface area contributed by atoms with E-state index in [0.29, 0.717) is 6.61 Å². The first kappa shape index (κ1) is 14.5. The number of aromatic nitrogens is 1. The molecule has 0 amide bonds. The molecule has 0 unspecified atom stereocenters. The van der Waals surface area contributed by atoms with Crippen LogP contribution in [0.2, 0.25) is 0 Å². The molecular weight excluding hydrogens is 260 g/mol. The van der Waals surface area contributed by atoms with E-state index < -0.39 is 4.92 Å². The molecule has 1 fully saturated rings. The second-order valence-electron chi connectivity index (χ2n) is 5.38. The van der Waals surface area contributed by atoms with Crippen molar-refractivity contribution in [1.29, 1.82) is 0 Å².